The molecule has 1 N–H and O–H groups in total. The molecule has 7 heteroatoms. The molecule has 0 unspecified atom stereocenters. The van der Waals surface area contributed by atoms with Crippen LogP contribution in [0.3, 0.4) is 0 Å². The van der Waals surface area contributed by atoms with Crippen molar-refractivity contribution < 1.29 is 29.0 Å². The molecule has 124 valence electrons. The van der Waals surface area contributed by atoms with Gasteiger partial charge in [0.15, 0.2) is 0 Å². The molecule has 0 fully saturated rings. The average molecular weight is 321 g/mol. The molecule has 0 spiro atoms. The lowest BCUT2D eigenvalue weighted by molar-refractivity contribution is -0.149. The SMILES string of the molecule is C=C(C)C(=O)OCCOC(=O)CN(CC(=O)O)c1ccccc1. The number of carbonyl (C=O) groups excluding carboxylic acids is 2. The zero-order valence-corrected chi connectivity index (χ0v) is 12.9. The van der Waals surface area contributed by atoms with Gasteiger partial charge in [-0.05, 0) is 19.1 Å². The first-order valence-corrected chi connectivity index (χ1v) is 6.90. The number of carbonyl (C=O) groups is 3. The fourth-order valence-electron chi connectivity index (χ4n) is 1.66. The van der Waals surface area contributed by atoms with E-state index in [9.17, 15) is 14.4 Å². The lowest BCUT2D eigenvalue weighted by atomic mass is 10.3. The molecule has 0 atom stereocenters. The van der Waals surface area contributed by atoms with Gasteiger partial charge in [0.2, 0.25) is 0 Å². The Morgan fingerprint density at radius 1 is 1.09 bits per heavy atom. The van der Waals surface area contributed by atoms with Gasteiger partial charge in [-0.3, -0.25) is 9.59 Å². The molecule has 0 aliphatic heterocycles. The zero-order valence-electron chi connectivity index (χ0n) is 12.9. The van der Waals surface area contributed by atoms with E-state index < -0.39 is 17.9 Å². The fourth-order valence-corrected chi connectivity index (χ4v) is 1.66. The van der Waals surface area contributed by atoms with Crippen LogP contribution in [0.15, 0.2) is 42.5 Å². The second-order valence-electron chi connectivity index (χ2n) is 4.72. The summed E-state index contributed by atoms with van der Waals surface area (Å²) in [6, 6.07) is 8.67. The van der Waals surface area contributed by atoms with Crippen LogP contribution in [0.2, 0.25) is 0 Å². The number of para-hydroxylation sites is 1. The van der Waals surface area contributed by atoms with Crippen LogP contribution in [-0.4, -0.2) is 49.3 Å². The third-order valence-corrected chi connectivity index (χ3v) is 2.70. The highest BCUT2D eigenvalue weighted by Gasteiger charge is 2.15. The summed E-state index contributed by atoms with van der Waals surface area (Å²) in [5.41, 5.74) is 0.855. The molecule has 23 heavy (non-hydrogen) atoms. The molecular formula is C16H19NO6. The summed E-state index contributed by atoms with van der Waals surface area (Å²) >= 11 is 0. The molecule has 0 radical (unpaired) electrons. The first-order chi connectivity index (χ1) is 10.9. The summed E-state index contributed by atoms with van der Waals surface area (Å²) in [5, 5.41) is 8.93. The number of benzene rings is 1. The van der Waals surface area contributed by atoms with E-state index >= 15 is 0 Å². The number of carboxylic acids is 1. The monoisotopic (exact) mass is 321 g/mol. The van der Waals surface area contributed by atoms with Crippen molar-refractivity contribution in [1.29, 1.82) is 0 Å². The quantitative estimate of drug-likeness (QED) is 0.415. The number of hydrogen-bond donors (Lipinski definition) is 1. The average Bonchev–Trinajstić information content (AvgIpc) is 2.51. The molecule has 0 saturated heterocycles. The van der Waals surface area contributed by atoms with Crippen LogP contribution in [0, 0.1) is 0 Å². The Balaban J connectivity index is 2.46. The summed E-state index contributed by atoms with van der Waals surface area (Å²) in [6.07, 6.45) is 0. The number of rotatable bonds is 9. The summed E-state index contributed by atoms with van der Waals surface area (Å²) in [6.45, 7) is 4.20. The van der Waals surface area contributed by atoms with Crippen LogP contribution in [0.5, 0.6) is 0 Å². The molecule has 1 aromatic rings. The molecule has 1 aromatic carbocycles. The van der Waals surface area contributed by atoms with Gasteiger partial charge >= 0.3 is 17.9 Å². The van der Waals surface area contributed by atoms with E-state index in [0.717, 1.165) is 0 Å². The maximum atomic E-state index is 11.8. The Labute approximate surface area is 134 Å². The minimum Gasteiger partial charge on any atom is -0.480 e. The predicted molar refractivity (Wildman–Crippen MR) is 83.0 cm³/mol. The predicted octanol–water partition coefficient (Wildman–Crippen LogP) is 1.24. The van der Waals surface area contributed by atoms with Gasteiger partial charge in [-0.15, -0.1) is 0 Å². The topological polar surface area (TPSA) is 93.1 Å². The van der Waals surface area contributed by atoms with E-state index in [1.54, 1.807) is 30.3 Å². The normalized spacial score (nSPS) is 9.78. The Morgan fingerprint density at radius 3 is 2.26 bits per heavy atom. The van der Waals surface area contributed by atoms with E-state index in [4.69, 9.17) is 14.6 Å². The van der Waals surface area contributed by atoms with Crippen LogP contribution in [-0.2, 0) is 23.9 Å². The maximum absolute atomic E-state index is 11.8. The third-order valence-electron chi connectivity index (χ3n) is 2.70. The van der Waals surface area contributed by atoms with Gasteiger partial charge in [-0.25, -0.2) is 4.79 Å². The van der Waals surface area contributed by atoms with Gasteiger partial charge in [0.25, 0.3) is 0 Å². The van der Waals surface area contributed by atoms with Crippen molar-refractivity contribution in [2.24, 2.45) is 0 Å². The molecule has 0 aliphatic carbocycles. The number of ether oxygens (including phenoxy) is 2. The molecular weight excluding hydrogens is 302 g/mol. The maximum Gasteiger partial charge on any atom is 0.333 e. The van der Waals surface area contributed by atoms with Crippen LogP contribution < -0.4 is 4.90 Å². The smallest absolute Gasteiger partial charge is 0.333 e. The van der Waals surface area contributed by atoms with E-state index in [1.165, 1.54) is 11.8 Å². The number of aliphatic carboxylic acids is 1. The Hall–Kier alpha value is -2.83. The highest BCUT2D eigenvalue weighted by atomic mass is 16.6. The van der Waals surface area contributed by atoms with E-state index in [0.29, 0.717) is 5.69 Å². The van der Waals surface area contributed by atoms with Crippen molar-refractivity contribution in [1.82, 2.24) is 0 Å². The molecule has 0 bridgehead atoms. The minimum absolute atomic E-state index is 0.0816. The van der Waals surface area contributed by atoms with Gasteiger partial charge in [-0.2, -0.15) is 0 Å². The van der Waals surface area contributed by atoms with Crippen molar-refractivity contribution in [2.45, 2.75) is 6.92 Å². The second kappa shape index (κ2) is 9.24. The van der Waals surface area contributed by atoms with Gasteiger partial charge in [0, 0.05) is 11.3 Å². The van der Waals surface area contributed by atoms with Crippen LogP contribution in [0.4, 0.5) is 5.69 Å². The Kier molecular flexibility index (Phi) is 7.32. The van der Waals surface area contributed by atoms with Crippen LogP contribution in [0.25, 0.3) is 0 Å². The van der Waals surface area contributed by atoms with E-state index in [1.807, 2.05) is 0 Å². The van der Waals surface area contributed by atoms with Gasteiger partial charge < -0.3 is 19.5 Å². The number of hydrogen-bond acceptors (Lipinski definition) is 6. The second-order valence-corrected chi connectivity index (χ2v) is 4.72. The highest BCUT2D eigenvalue weighted by Crippen LogP contribution is 2.12. The molecule has 0 aromatic heterocycles. The van der Waals surface area contributed by atoms with Crippen molar-refractivity contribution in [3.8, 4) is 0 Å². The number of esters is 2. The summed E-state index contributed by atoms with van der Waals surface area (Å²) in [5.74, 6) is -2.23. The lowest BCUT2D eigenvalue weighted by Crippen LogP contribution is -2.35. The number of nitrogens with zero attached hydrogens (tertiary/aromatic N) is 1. The third kappa shape index (κ3) is 7.12. The molecule has 0 heterocycles. The summed E-state index contributed by atoms with van der Waals surface area (Å²) in [7, 11) is 0. The molecule has 0 aliphatic rings. The molecule has 0 saturated carbocycles. The standard InChI is InChI=1S/C16H19NO6/c1-12(2)16(21)23-9-8-22-15(20)11-17(10-14(18)19)13-6-4-3-5-7-13/h3-7H,1,8-11H2,2H3,(H,18,19). The highest BCUT2D eigenvalue weighted by molar-refractivity contribution is 5.87. The van der Waals surface area contributed by atoms with E-state index in [2.05, 4.69) is 6.58 Å². The molecule has 7 nitrogen and oxygen atoms in total. The lowest BCUT2D eigenvalue weighted by Gasteiger charge is -2.21. The largest absolute Gasteiger partial charge is 0.480 e. The summed E-state index contributed by atoms with van der Waals surface area (Å²) < 4.78 is 9.71. The zero-order chi connectivity index (χ0) is 17.2. The van der Waals surface area contributed by atoms with Gasteiger partial charge in [0.1, 0.15) is 26.3 Å². The first kappa shape index (κ1) is 18.2. The molecule has 1 rings (SSSR count). The van der Waals surface area contributed by atoms with Crippen LogP contribution in [0.1, 0.15) is 6.92 Å². The first-order valence-electron chi connectivity index (χ1n) is 6.90. The van der Waals surface area contributed by atoms with E-state index in [-0.39, 0.29) is 31.9 Å². The number of carboxylic acid groups (broad SMARTS) is 1. The van der Waals surface area contributed by atoms with Crippen molar-refractivity contribution in [2.75, 3.05) is 31.2 Å². The Morgan fingerprint density at radius 2 is 1.70 bits per heavy atom. The number of anilines is 1. The van der Waals surface area contributed by atoms with Crippen molar-refractivity contribution in [3.05, 3.63) is 42.5 Å². The minimum atomic E-state index is -1.06. The van der Waals surface area contributed by atoms with Crippen molar-refractivity contribution >= 4 is 23.6 Å². The Bertz CT molecular complexity index is 569. The van der Waals surface area contributed by atoms with Crippen molar-refractivity contribution in [3.63, 3.8) is 0 Å². The van der Waals surface area contributed by atoms with Gasteiger partial charge in [-0.1, -0.05) is 24.8 Å². The molecule has 0 amide bonds. The van der Waals surface area contributed by atoms with Crippen LogP contribution >= 0.6 is 0 Å². The summed E-state index contributed by atoms with van der Waals surface area (Å²) in [4.78, 5) is 35.2. The fraction of sp³-hybridized carbons (Fsp3) is 0.312. The van der Waals surface area contributed by atoms with Gasteiger partial charge in [0.05, 0.1) is 0 Å².